The van der Waals surface area contributed by atoms with Gasteiger partial charge in [0, 0.05) is 25.7 Å². The zero-order valence-corrected chi connectivity index (χ0v) is 59.4. The van der Waals surface area contributed by atoms with Crippen molar-refractivity contribution >= 4 is 39.5 Å². The molecule has 17 nitrogen and oxygen atoms in total. The largest absolute Gasteiger partial charge is 0.472 e. The molecule has 528 valence electrons. The molecule has 19 heteroatoms. The third kappa shape index (κ3) is 63.2. The maximum atomic E-state index is 13.0. The second-order valence-electron chi connectivity index (χ2n) is 25.5. The molecule has 0 amide bonds. The number of phosphoric ester groups is 2. The number of esters is 4. The fourth-order valence-electron chi connectivity index (χ4n) is 10.6. The van der Waals surface area contributed by atoms with Crippen molar-refractivity contribution in [3.05, 3.63) is 0 Å². The number of phosphoric acid groups is 2. The first-order valence-electron chi connectivity index (χ1n) is 36.7. The number of aliphatic hydroxyl groups excluding tert-OH is 1. The molecule has 0 aromatic heterocycles. The maximum absolute atomic E-state index is 13.0. The van der Waals surface area contributed by atoms with Crippen LogP contribution in [0.5, 0.6) is 0 Å². The van der Waals surface area contributed by atoms with Gasteiger partial charge in [0.15, 0.2) is 12.2 Å². The van der Waals surface area contributed by atoms with Crippen LogP contribution in [0.25, 0.3) is 0 Å². The normalized spacial score (nSPS) is 14.4. The van der Waals surface area contributed by atoms with E-state index in [9.17, 15) is 43.2 Å². The summed E-state index contributed by atoms with van der Waals surface area (Å²) in [6.07, 6.45) is 49.9. The van der Waals surface area contributed by atoms with Crippen molar-refractivity contribution in [3.63, 3.8) is 0 Å². The lowest BCUT2D eigenvalue weighted by molar-refractivity contribution is -0.161. The van der Waals surface area contributed by atoms with Crippen molar-refractivity contribution in [1.82, 2.24) is 0 Å². The van der Waals surface area contributed by atoms with Gasteiger partial charge < -0.3 is 33.8 Å². The molecule has 0 aromatic rings. The number of unbranched alkanes of at least 4 members (excludes halogenated alkanes) is 41. The van der Waals surface area contributed by atoms with E-state index in [0.29, 0.717) is 25.7 Å². The highest BCUT2D eigenvalue weighted by atomic mass is 31.2. The Hall–Kier alpha value is -1.94. The highest BCUT2D eigenvalue weighted by Gasteiger charge is 2.30. The summed E-state index contributed by atoms with van der Waals surface area (Å²) in [6.45, 7) is 7.19. The van der Waals surface area contributed by atoms with Gasteiger partial charge in [-0.2, -0.15) is 0 Å². The Balaban J connectivity index is 5.23. The Morgan fingerprint density at radius 2 is 0.539 bits per heavy atom. The van der Waals surface area contributed by atoms with Crippen LogP contribution in [0, 0.1) is 5.92 Å². The summed E-state index contributed by atoms with van der Waals surface area (Å²) in [4.78, 5) is 72.5. The number of hydrogen-bond donors (Lipinski definition) is 3. The van der Waals surface area contributed by atoms with Crippen LogP contribution >= 0.6 is 15.6 Å². The standard InChI is InChI=1S/C70H136O17P2/c1-6-10-13-16-19-22-24-26-28-30-32-35-38-44-49-54-68(73)81-59-65(86-69(74)55-50-45-39-36-33-31-29-27-25-23-20-17-14-11-7-2)61-84-88(76,77)82-57-64(71)58-83-89(78,79)85-62-66(60-80-67(72)53-48-43-37-34-21-18-15-12-8-3)87-70(75)56-51-46-41-40-42-47-52-63(5)9-4/h63-66,71H,6-62H2,1-5H3,(H,76,77)(H,78,79)/t63?,64-,65-,66-/m1/s1. The topological polar surface area (TPSA) is 237 Å². The molecular formula is C70H136O17P2. The summed E-state index contributed by atoms with van der Waals surface area (Å²) in [5.74, 6) is -1.40. The average Bonchev–Trinajstić information content (AvgIpc) is 3.63. The molecule has 0 fully saturated rings. The van der Waals surface area contributed by atoms with E-state index in [1.54, 1.807) is 0 Å². The summed E-state index contributed by atoms with van der Waals surface area (Å²) < 4.78 is 68.2. The van der Waals surface area contributed by atoms with Gasteiger partial charge in [-0.1, -0.05) is 311 Å². The fraction of sp³-hybridized carbons (Fsp3) is 0.943. The summed E-state index contributed by atoms with van der Waals surface area (Å²) in [5, 5.41) is 10.6. The van der Waals surface area contributed by atoms with Gasteiger partial charge in [-0.15, -0.1) is 0 Å². The Bertz CT molecular complexity index is 1720. The summed E-state index contributed by atoms with van der Waals surface area (Å²) in [6, 6.07) is 0. The van der Waals surface area contributed by atoms with Gasteiger partial charge in [-0.25, -0.2) is 9.13 Å². The number of carbonyl (C=O) groups excluding carboxylic acids is 4. The summed E-state index contributed by atoms with van der Waals surface area (Å²) >= 11 is 0. The molecule has 0 bridgehead atoms. The van der Waals surface area contributed by atoms with E-state index in [2.05, 4.69) is 34.6 Å². The Kier molecular flexibility index (Phi) is 62.1. The first-order valence-corrected chi connectivity index (χ1v) is 39.7. The third-order valence-electron chi connectivity index (χ3n) is 16.6. The third-order valence-corrected chi connectivity index (χ3v) is 18.5. The number of aliphatic hydroxyl groups is 1. The fourth-order valence-corrected chi connectivity index (χ4v) is 12.2. The molecule has 3 N–H and O–H groups in total. The van der Waals surface area contributed by atoms with Gasteiger partial charge in [0.05, 0.1) is 26.4 Å². The van der Waals surface area contributed by atoms with Crippen LogP contribution in [0.2, 0.25) is 0 Å². The van der Waals surface area contributed by atoms with Crippen molar-refractivity contribution in [2.45, 2.75) is 380 Å². The molecule has 0 aromatic carbocycles. The van der Waals surface area contributed by atoms with Crippen molar-refractivity contribution in [2.75, 3.05) is 39.6 Å². The van der Waals surface area contributed by atoms with E-state index in [4.69, 9.17) is 37.0 Å². The lowest BCUT2D eigenvalue weighted by Gasteiger charge is -2.21. The Labute approximate surface area is 543 Å². The molecule has 0 saturated carbocycles. The molecule has 0 saturated heterocycles. The second kappa shape index (κ2) is 63.5. The van der Waals surface area contributed by atoms with Gasteiger partial charge >= 0.3 is 39.5 Å². The van der Waals surface area contributed by atoms with Crippen LogP contribution in [0.3, 0.4) is 0 Å². The highest BCUT2D eigenvalue weighted by molar-refractivity contribution is 7.47. The molecule has 0 aliphatic heterocycles. The number of rotatable bonds is 70. The lowest BCUT2D eigenvalue weighted by Crippen LogP contribution is -2.30. The zero-order valence-electron chi connectivity index (χ0n) is 57.6. The van der Waals surface area contributed by atoms with Crippen LogP contribution in [0.15, 0.2) is 0 Å². The average molecular weight is 1310 g/mol. The van der Waals surface area contributed by atoms with Gasteiger partial charge in [-0.05, 0) is 31.6 Å². The number of ether oxygens (including phenoxy) is 4. The van der Waals surface area contributed by atoms with Gasteiger partial charge in [0.1, 0.15) is 19.3 Å². The first-order chi connectivity index (χ1) is 43.1. The molecule has 3 unspecified atom stereocenters. The van der Waals surface area contributed by atoms with Crippen LogP contribution < -0.4 is 0 Å². The molecule has 0 aliphatic rings. The minimum atomic E-state index is -4.95. The number of hydrogen-bond acceptors (Lipinski definition) is 15. The van der Waals surface area contributed by atoms with Gasteiger partial charge in [-0.3, -0.25) is 37.3 Å². The van der Waals surface area contributed by atoms with Crippen LogP contribution in [0.1, 0.15) is 362 Å². The minimum absolute atomic E-state index is 0.103. The Morgan fingerprint density at radius 3 is 0.798 bits per heavy atom. The lowest BCUT2D eigenvalue weighted by atomic mass is 10.00. The molecular weight excluding hydrogens is 1170 g/mol. The molecule has 0 heterocycles. The predicted molar refractivity (Wildman–Crippen MR) is 358 cm³/mol. The predicted octanol–water partition coefficient (Wildman–Crippen LogP) is 20.1. The zero-order chi connectivity index (χ0) is 65.6. The Morgan fingerprint density at radius 1 is 0.315 bits per heavy atom. The van der Waals surface area contributed by atoms with Crippen molar-refractivity contribution in [1.29, 1.82) is 0 Å². The van der Waals surface area contributed by atoms with Crippen molar-refractivity contribution < 1.29 is 80.2 Å². The molecule has 89 heavy (non-hydrogen) atoms. The van der Waals surface area contributed by atoms with Crippen molar-refractivity contribution in [2.24, 2.45) is 5.92 Å². The summed E-state index contributed by atoms with van der Waals surface area (Å²) in [5.41, 5.74) is 0. The second-order valence-corrected chi connectivity index (χ2v) is 28.4. The van der Waals surface area contributed by atoms with Crippen LogP contribution in [0.4, 0.5) is 0 Å². The molecule has 0 rings (SSSR count). The van der Waals surface area contributed by atoms with Crippen LogP contribution in [-0.2, 0) is 65.4 Å². The van der Waals surface area contributed by atoms with Crippen LogP contribution in [-0.4, -0.2) is 96.7 Å². The first kappa shape index (κ1) is 87.1. The summed E-state index contributed by atoms with van der Waals surface area (Å²) in [7, 11) is -9.90. The molecule has 0 radical (unpaired) electrons. The van der Waals surface area contributed by atoms with E-state index in [1.165, 1.54) is 186 Å². The van der Waals surface area contributed by atoms with Gasteiger partial charge in [0.25, 0.3) is 0 Å². The molecule has 0 spiro atoms. The maximum Gasteiger partial charge on any atom is 0.472 e. The van der Waals surface area contributed by atoms with E-state index >= 15 is 0 Å². The number of carbonyl (C=O) groups is 4. The SMILES string of the molecule is CCCCCCCCCCCCCCCCCC(=O)OC[C@H](COP(=O)(O)OC[C@@H](O)COP(=O)(O)OC[C@@H](COC(=O)CCCCCCCCCCC)OC(=O)CCCCCCCCC(C)CC)OC(=O)CCCCCCCCCCCCCCCCC. The quantitative estimate of drug-likeness (QED) is 0.0222. The van der Waals surface area contributed by atoms with E-state index in [-0.39, 0.29) is 25.7 Å². The van der Waals surface area contributed by atoms with E-state index in [1.807, 2.05) is 0 Å². The van der Waals surface area contributed by atoms with E-state index < -0.39 is 97.5 Å². The van der Waals surface area contributed by atoms with Crippen molar-refractivity contribution in [3.8, 4) is 0 Å². The highest BCUT2D eigenvalue weighted by Crippen LogP contribution is 2.45. The van der Waals surface area contributed by atoms with E-state index in [0.717, 1.165) is 95.8 Å². The molecule has 0 aliphatic carbocycles. The van der Waals surface area contributed by atoms with Gasteiger partial charge in [0.2, 0.25) is 0 Å². The monoisotopic (exact) mass is 1310 g/mol. The minimum Gasteiger partial charge on any atom is -0.462 e. The smallest absolute Gasteiger partial charge is 0.462 e. The molecule has 6 atom stereocenters.